The molecule has 4 fully saturated rings. The van der Waals surface area contributed by atoms with Crippen LogP contribution in [0.25, 0.3) is 0 Å². The normalized spacial score (nSPS) is 37.8. The number of hydrogen-bond acceptors (Lipinski definition) is 7. The smallest absolute Gasteiger partial charge is 0.327 e. The molecule has 2 saturated carbocycles. The first-order valence-electron chi connectivity index (χ1n) is 11.3. The average molecular weight is 479 g/mol. The molecule has 5 rings (SSSR count). The van der Waals surface area contributed by atoms with Crippen LogP contribution < -0.4 is 11.1 Å². The van der Waals surface area contributed by atoms with Crippen molar-refractivity contribution in [1.29, 1.82) is 0 Å². The van der Waals surface area contributed by atoms with E-state index in [1.54, 1.807) is 0 Å². The minimum atomic E-state index is -1.01. The fraction of sp³-hybridized carbons (Fsp3) is 0.727. The van der Waals surface area contributed by atoms with Crippen molar-refractivity contribution >= 4 is 46.0 Å². The lowest BCUT2D eigenvalue weighted by atomic mass is 9.75. The fourth-order valence-electron chi connectivity index (χ4n) is 6.60. The molecule has 1 aromatic rings. The molecule has 2 aliphatic heterocycles. The van der Waals surface area contributed by atoms with Gasteiger partial charge in [-0.15, -0.1) is 23.1 Å². The summed E-state index contributed by atoms with van der Waals surface area (Å²) in [6.07, 6.45) is 4.48. The van der Waals surface area contributed by atoms with E-state index in [-0.39, 0.29) is 17.2 Å². The van der Waals surface area contributed by atoms with Gasteiger partial charge in [0.05, 0.1) is 11.6 Å². The summed E-state index contributed by atoms with van der Waals surface area (Å²) in [6.45, 7) is 5.96. The molecule has 2 bridgehead atoms. The Morgan fingerprint density at radius 3 is 2.69 bits per heavy atom. The molecule has 2 amide bonds. The zero-order valence-corrected chi connectivity index (χ0v) is 20.1. The molecule has 174 valence electrons. The highest BCUT2D eigenvalue weighted by Gasteiger charge is 2.64. The van der Waals surface area contributed by atoms with E-state index in [1.165, 1.54) is 47.3 Å². The van der Waals surface area contributed by atoms with Gasteiger partial charge in [-0.3, -0.25) is 9.59 Å². The molecular formula is C22H30N4O4S2. The Labute approximate surface area is 195 Å². The number of amides is 2. The third-order valence-corrected chi connectivity index (χ3v) is 10.5. The first-order valence-corrected chi connectivity index (χ1v) is 13.1. The summed E-state index contributed by atoms with van der Waals surface area (Å²) in [5.41, 5.74) is 6.55. The molecule has 3 heterocycles. The van der Waals surface area contributed by atoms with Crippen molar-refractivity contribution in [2.24, 2.45) is 23.7 Å². The Bertz CT molecular complexity index is 963. The summed E-state index contributed by atoms with van der Waals surface area (Å²) in [4.78, 5) is 43.9. The van der Waals surface area contributed by atoms with Crippen molar-refractivity contribution in [2.45, 2.75) is 74.6 Å². The van der Waals surface area contributed by atoms with Crippen LogP contribution in [-0.2, 0) is 14.4 Å². The molecule has 0 radical (unpaired) electrons. The Morgan fingerprint density at radius 1 is 1.38 bits per heavy atom. The summed E-state index contributed by atoms with van der Waals surface area (Å²) >= 11 is 2.76. The number of anilines is 1. The number of carboxylic acid groups (broad SMARTS) is 1. The topological polar surface area (TPSA) is 126 Å². The van der Waals surface area contributed by atoms with Gasteiger partial charge in [0.15, 0.2) is 5.13 Å². The Hall–Kier alpha value is -1.81. The quantitative estimate of drug-likeness (QED) is 0.536. The monoisotopic (exact) mass is 478 g/mol. The number of nitrogens with zero attached hydrogens (tertiary/aromatic N) is 2. The van der Waals surface area contributed by atoms with Crippen molar-refractivity contribution in [3.8, 4) is 0 Å². The highest BCUT2D eigenvalue weighted by molar-refractivity contribution is 8.01. The number of β-lactam (4-membered cyclic amide) rings is 1. The number of fused-ring (bicyclic) bond motifs is 3. The number of thioether (sulfide) groups is 1. The molecule has 10 heteroatoms. The van der Waals surface area contributed by atoms with Crippen molar-refractivity contribution in [1.82, 2.24) is 15.2 Å². The molecule has 8 nitrogen and oxygen atoms in total. The summed E-state index contributed by atoms with van der Waals surface area (Å²) in [5, 5.41) is 14.5. The third kappa shape index (κ3) is 3.32. The standard InChI is InChI=1S/C22H30N4O4S2/c1-9-10-4-5-11(6-10)12(9)7-13(14-8-31-21(23)24-14)17(27)25-15-18(28)26-16(20(29)30)22(2,3)32-19(15)26/h8-13,15-16,19H,4-7H2,1-3H3,(H2,23,24)(H,25,27)(H,29,30)/t9?,10?,11?,12?,13?,15-,16+,19-/m1/s1. The van der Waals surface area contributed by atoms with Gasteiger partial charge in [-0.25, -0.2) is 9.78 Å². The largest absolute Gasteiger partial charge is 0.480 e. The lowest BCUT2D eigenvalue weighted by molar-refractivity contribution is -0.161. The number of aromatic nitrogens is 1. The predicted molar refractivity (Wildman–Crippen MR) is 123 cm³/mol. The second-order valence-corrected chi connectivity index (χ2v) is 13.0. The number of thiazole rings is 1. The molecule has 32 heavy (non-hydrogen) atoms. The van der Waals surface area contributed by atoms with Crippen LogP contribution in [0.3, 0.4) is 0 Å². The van der Waals surface area contributed by atoms with Crippen molar-refractivity contribution < 1.29 is 19.5 Å². The number of carboxylic acids is 1. The van der Waals surface area contributed by atoms with E-state index in [1.807, 2.05) is 19.2 Å². The Balaban J connectivity index is 1.34. The number of nitrogen functional groups attached to an aromatic ring is 1. The second kappa shape index (κ2) is 7.62. The maximum absolute atomic E-state index is 13.5. The van der Waals surface area contributed by atoms with E-state index >= 15 is 0 Å². The van der Waals surface area contributed by atoms with E-state index in [0.29, 0.717) is 35.0 Å². The van der Waals surface area contributed by atoms with Gasteiger partial charge in [0.25, 0.3) is 0 Å². The van der Waals surface area contributed by atoms with Gasteiger partial charge in [0.2, 0.25) is 11.8 Å². The summed E-state index contributed by atoms with van der Waals surface area (Å²) in [7, 11) is 0. The van der Waals surface area contributed by atoms with E-state index in [9.17, 15) is 19.5 Å². The first kappa shape index (κ1) is 22.0. The first-order chi connectivity index (χ1) is 15.1. The SMILES string of the molecule is CC1C2CCC(C2)C1CC(C(=O)N[C@@H]1C(=O)N2[C@@H]1SC(C)(C)[C@@H]2C(=O)O)c1csc(N)n1. The summed E-state index contributed by atoms with van der Waals surface area (Å²) in [6, 6.07) is -1.59. The van der Waals surface area contributed by atoms with Gasteiger partial charge in [0, 0.05) is 10.1 Å². The highest BCUT2D eigenvalue weighted by Crippen LogP contribution is 2.55. The number of nitrogens with two attached hydrogens (primary N) is 1. The molecule has 4 N–H and O–H groups in total. The van der Waals surface area contributed by atoms with Crippen LogP contribution in [0.5, 0.6) is 0 Å². The third-order valence-electron chi connectivity index (χ3n) is 8.23. The molecule has 2 saturated heterocycles. The minimum Gasteiger partial charge on any atom is -0.480 e. The van der Waals surface area contributed by atoms with Crippen molar-refractivity contribution in [2.75, 3.05) is 5.73 Å². The maximum atomic E-state index is 13.5. The molecular weight excluding hydrogens is 448 g/mol. The number of carbonyl (C=O) groups excluding carboxylic acids is 2. The average Bonchev–Trinajstić information content (AvgIpc) is 3.47. The summed E-state index contributed by atoms with van der Waals surface area (Å²) < 4.78 is -0.618. The molecule has 5 unspecified atom stereocenters. The number of nitrogens with one attached hydrogen (secondary N) is 1. The molecule has 4 aliphatic rings. The van der Waals surface area contributed by atoms with E-state index in [2.05, 4.69) is 17.2 Å². The van der Waals surface area contributed by atoms with Crippen molar-refractivity contribution in [3.63, 3.8) is 0 Å². The predicted octanol–water partition coefficient (Wildman–Crippen LogP) is 2.51. The zero-order chi connectivity index (χ0) is 22.9. The van der Waals surface area contributed by atoms with Crippen LogP contribution in [0, 0.1) is 23.7 Å². The lowest BCUT2D eigenvalue weighted by Gasteiger charge is -2.44. The van der Waals surface area contributed by atoms with E-state index in [4.69, 9.17) is 5.73 Å². The zero-order valence-electron chi connectivity index (χ0n) is 18.5. The minimum absolute atomic E-state index is 0.208. The van der Waals surface area contributed by atoms with Crippen LogP contribution in [0.4, 0.5) is 5.13 Å². The van der Waals surface area contributed by atoms with Gasteiger partial charge < -0.3 is 21.1 Å². The van der Waals surface area contributed by atoms with Gasteiger partial charge >= 0.3 is 5.97 Å². The van der Waals surface area contributed by atoms with Gasteiger partial charge in [-0.05, 0) is 63.2 Å². The lowest BCUT2D eigenvalue weighted by Crippen LogP contribution is -2.70. The molecule has 0 aromatic carbocycles. The van der Waals surface area contributed by atoms with Crippen LogP contribution in [-0.4, -0.2) is 55.0 Å². The number of rotatable bonds is 6. The van der Waals surface area contributed by atoms with E-state index in [0.717, 1.165) is 5.92 Å². The molecule has 8 atom stereocenters. The van der Waals surface area contributed by atoms with Crippen LogP contribution in [0.2, 0.25) is 0 Å². The fourth-order valence-corrected chi connectivity index (χ4v) is 8.84. The second-order valence-electron chi connectivity index (χ2n) is 10.3. The van der Waals surface area contributed by atoms with Gasteiger partial charge in [0.1, 0.15) is 17.5 Å². The maximum Gasteiger partial charge on any atom is 0.327 e. The van der Waals surface area contributed by atoms with Gasteiger partial charge in [-0.2, -0.15) is 0 Å². The van der Waals surface area contributed by atoms with Crippen molar-refractivity contribution in [3.05, 3.63) is 11.1 Å². The number of hydrogen-bond donors (Lipinski definition) is 3. The number of carbonyl (C=O) groups is 3. The van der Waals surface area contributed by atoms with Gasteiger partial charge in [-0.1, -0.05) is 6.92 Å². The van der Waals surface area contributed by atoms with Crippen LogP contribution >= 0.6 is 23.1 Å². The van der Waals surface area contributed by atoms with E-state index < -0.39 is 28.7 Å². The summed E-state index contributed by atoms with van der Waals surface area (Å²) in [5.74, 6) is 0.474. The molecule has 0 spiro atoms. The van der Waals surface area contributed by atoms with Crippen LogP contribution in [0.1, 0.15) is 58.1 Å². The number of aliphatic carboxylic acids is 1. The molecule has 1 aromatic heterocycles. The Morgan fingerprint density at radius 2 is 2.09 bits per heavy atom. The Kier molecular flexibility index (Phi) is 5.24. The molecule has 2 aliphatic carbocycles. The van der Waals surface area contributed by atoms with Crippen LogP contribution in [0.15, 0.2) is 5.38 Å². The highest BCUT2D eigenvalue weighted by atomic mass is 32.2.